The van der Waals surface area contributed by atoms with E-state index in [4.69, 9.17) is 10.5 Å². The summed E-state index contributed by atoms with van der Waals surface area (Å²) in [5.41, 5.74) is 6.26. The lowest BCUT2D eigenvalue weighted by atomic mass is 10.1. The lowest BCUT2D eigenvalue weighted by molar-refractivity contribution is 0.0527. The Kier molecular flexibility index (Phi) is 6.99. The number of ether oxygens (including phenoxy) is 1. The van der Waals surface area contributed by atoms with Crippen LogP contribution in [0.1, 0.15) is 56.8 Å². The molecule has 0 saturated heterocycles. The van der Waals surface area contributed by atoms with Crippen LogP contribution in [0.15, 0.2) is 12.1 Å². The van der Waals surface area contributed by atoms with Gasteiger partial charge in [0.1, 0.15) is 5.82 Å². The second kappa shape index (κ2) is 8.49. The summed E-state index contributed by atoms with van der Waals surface area (Å²) in [6.07, 6.45) is 4.35. The average Bonchev–Trinajstić information content (AvgIpc) is 2.42. The molecule has 1 unspecified atom stereocenters. The van der Waals surface area contributed by atoms with E-state index in [9.17, 15) is 9.18 Å². The van der Waals surface area contributed by atoms with Gasteiger partial charge in [0.05, 0.1) is 17.9 Å². The molecule has 0 radical (unpaired) electrons. The van der Waals surface area contributed by atoms with Crippen molar-refractivity contribution in [2.24, 2.45) is 0 Å². The molecule has 1 aromatic rings. The number of halogens is 1. The normalized spacial score (nSPS) is 12.0. The minimum atomic E-state index is -0.531. The molecule has 0 aliphatic heterocycles. The van der Waals surface area contributed by atoms with Crippen LogP contribution in [-0.2, 0) is 4.74 Å². The summed E-state index contributed by atoms with van der Waals surface area (Å²) in [7, 11) is 0. The quantitative estimate of drug-likeness (QED) is 0.433. The number of nitrogens with one attached hydrogen (secondary N) is 1. The van der Waals surface area contributed by atoms with E-state index >= 15 is 0 Å². The molecule has 0 spiro atoms. The summed E-state index contributed by atoms with van der Waals surface area (Å²) < 4.78 is 18.9. The van der Waals surface area contributed by atoms with Crippen molar-refractivity contribution in [1.82, 2.24) is 0 Å². The van der Waals surface area contributed by atoms with Gasteiger partial charge in [-0.25, -0.2) is 9.18 Å². The summed E-state index contributed by atoms with van der Waals surface area (Å²) >= 11 is 0. The molecule has 0 aromatic heterocycles. The Labute approximate surface area is 125 Å². The van der Waals surface area contributed by atoms with E-state index in [-0.39, 0.29) is 29.6 Å². The minimum Gasteiger partial charge on any atom is -0.462 e. The summed E-state index contributed by atoms with van der Waals surface area (Å²) in [6.45, 7) is 6.11. The van der Waals surface area contributed by atoms with E-state index in [1.165, 1.54) is 6.07 Å². The summed E-state index contributed by atoms with van der Waals surface area (Å²) in [5, 5.41) is 3.10. The molecule has 0 fully saturated rings. The topological polar surface area (TPSA) is 64.3 Å². The van der Waals surface area contributed by atoms with Crippen LogP contribution < -0.4 is 11.1 Å². The lowest BCUT2D eigenvalue weighted by Crippen LogP contribution is -2.17. The monoisotopic (exact) mass is 296 g/mol. The van der Waals surface area contributed by atoms with E-state index in [1.54, 1.807) is 6.92 Å². The van der Waals surface area contributed by atoms with Crippen molar-refractivity contribution in [2.75, 3.05) is 17.7 Å². The SMILES string of the molecule is CCCCCC(C)Nc1cc(C(=O)OCC)c(N)cc1F. The Hall–Kier alpha value is -1.78. The predicted octanol–water partition coefficient (Wildman–Crippen LogP) is 3.97. The Balaban J connectivity index is 2.82. The van der Waals surface area contributed by atoms with E-state index < -0.39 is 11.8 Å². The molecule has 1 aromatic carbocycles. The van der Waals surface area contributed by atoms with Crippen molar-refractivity contribution in [3.8, 4) is 0 Å². The van der Waals surface area contributed by atoms with Gasteiger partial charge in [0.15, 0.2) is 0 Å². The predicted molar refractivity (Wildman–Crippen MR) is 84.0 cm³/mol. The third-order valence-corrected chi connectivity index (χ3v) is 3.28. The molecule has 0 aliphatic rings. The molecule has 0 saturated carbocycles. The number of carbonyl (C=O) groups is 1. The van der Waals surface area contributed by atoms with Crippen LogP contribution in [0.25, 0.3) is 0 Å². The number of nitrogens with two attached hydrogens (primary N) is 1. The van der Waals surface area contributed by atoms with Crippen molar-refractivity contribution in [2.45, 2.75) is 52.5 Å². The number of benzene rings is 1. The number of carbonyl (C=O) groups excluding carboxylic acids is 1. The number of anilines is 2. The number of nitrogen functional groups attached to an aromatic ring is 1. The van der Waals surface area contributed by atoms with Crippen LogP contribution in [0.5, 0.6) is 0 Å². The van der Waals surface area contributed by atoms with Crippen molar-refractivity contribution in [3.05, 3.63) is 23.5 Å². The number of rotatable bonds is 8. The van der Waals surface area contributed by atoms with Crippen LogP contribution in [-0.4, -0.2) is 18.6 Å². The van der Waals surface area contributed by atoms with Crippen molar-refractivity contribution in [3.63, 3.8) is 0 Å². The number of esters is 1. The molecule has 0 bridgehead atoms. The smallest absolute Gasteiger partial charge is 0.340 e. The summed E-state index contributed by atoms with van der Waals surface area (Å²) in [4.78, 5) is 11.8. The standard InChI is InChI=1S/C16H25FN2O2/c1-4-6-7-8-11(3)19-15-9-12(16(20)21-5-2)14(18)10-13(15)17/h9-11,19H,4-8,18H2,1-3H3. The van der Waals surface area contributed by atoms with Crippen LogP contribution in [0.4, 0.5) is 15.8 Å². The van der Waals surface area contributed by atoms with Crippen molar-refractivity contribution in [1.29, 1.82) is 0 Å². The van der Waals surface area contributed by atoms with Crippen LogP contribution >= 0.6 is 0 Å². The maximum absolute atomic E-state index is 13.9. The van der Waals surface area contributed by atoms with Crippen LogP contribution in [0.3, 0.4) is 0 Å². The van der Waals surface area contributed by atoms with Gasteiger partial charge in [0, 0.05) is 11.7 Å². The highest BCUT2D eigenvalue weighted by Crippen LogP contribution is 2.24. The van der Waals surface area contributed by atoms with Gasteiger partial charge in [-0.2, -0.15) is 0 Å². The number of unbranched alkanes of at least 4 members (excludes halogenated alkanes) is 2. The largest absolute Gasteiger partial charge is 0.462 e. The molecule has 0 aliphatic carbocycles. The fourth-order valence-electron chi connectivity index (χ4n) is 2.12. The van der Waals surface area contributed by atoms with E-state index in [0.717, 1.165) is 31.7 Å². The molecule has 1 rings (SSSR count). The van der Waals surface area contributed by atoms with Gasteiger partial charge in [0.25, 0.3) is 0 Å². The second-order valence-corrected chi connectivity index (χ2v) is 5.18. The van der Waals surface area contributed by atoms with Crippen LogP contribution in [0.2, 0.25) is 0 Å². The van der Waals surface area contributed by atoms with Gasteiger partial charge in [-0.3, -0.25) is 0 Å². The van der Waals surface area contributed by atoms with Gasteiger partial charge >= 0.3 is 5.97 Å². The molecule has 4 nitrogen and oxygen atoms in total. The van der Waals surface area contributed by atoms with Gasteiger partial charge in [-0.15, -0.1) is 0 Å². The Morgan fingerprint density at radius 1 is 1.38 bits per heavy atom. The maximum atomic E-state index is 13.9. The van der Waals surface area contributed by atoms with Gasteiger partial charge in [0.2, 0.25) is 0 Å². The molecular formula is C16H25FN2O2. The molecule has 3 N–H and O–H groups in total. The Bertz CT molecular complexity index is 478. The molecule has 118 valence electrons. The number of hydrogen-bond acceptors (Lipinski definition) is 4. The molecule has 5 heteroatoms. The minimum absolute atomic E-state index is 0.0927. The first-order chi connectivity index (χ1) is 9.99. The zero-order valence-electron chi connectivity index (χ0n) is 13.0. The highest BCUT2D eigenvalue weighted by Gasteiger charge is 2.16. The third kappa shape index (κ3) is 5.25. The maximum Gasteiger partial charge on any atom is 0.340 e. The first-order valence-electron chi connectivity index (χ1n) is 7.52. The molecular weight excluding hydrogens is 271 g/mol. The molecule has 21 heavy (non-hydrogen) atoms. The Morgan fingerprint density at radius 2 is 2.10 bits per heavy atom. The second-order valence-electron chi connectivity index (χ2n) is 5.18. The molecule has 0 amide bonds. The van der Waals surface area contributed by atoms with Gasteiger partial charge < -0.3 is 15.8 Å². The van der Waals surface area contributed by atoms with E-state index in [2.05, 4.69) is 12.2 Å². The van der Waals surface area contributed by atoms with Crippen LogP contribution in [0, 0.1) is 5.82 Å². The third-order valence-electron chi connectivity index (χ3n) is 3.28. The highest BCUT2D eigenvalue weighted by atomic mass is 19.1. The van der Waals surface area contributed by atoms with Gasteiger partial charge in [-0.1, -0.05) is 26.2 Å². The first-order valence-corrected chi connectivity index (χ1v) is 7.52. The van der Waals surface area contributed by atoms with Crippen molar-refractivity contribution >= 4 is 17.3 Å². The highest BCUT2D eigenvalue weighted by molar-refractivity contribution is 5.96. The Morgan fingerprint density at radius 3 is 2.71 bits per heavy atom. The summed E-state index contributed by atoms with van der Waals surface area (Å²) in [6, 6.07) is 2.72. The molecule has 0 heterocycles. The van der Waals surface area contributed by atoms with Crippen molar-refractivity contribution < 1.29 is 13.9 Å². The van der Waals surface area contributed by atoms with E-state index in [1.807, 2.05) is 6.92 Å². The zero-order valence-corrected chi connectivity index (χ0v) is 13.0. The molecule has 1 atom stereocenters. The zero-order chi connectivity index (χ0) is 15.8. The van der Waals surface area contributed by atoms with E-state index in [0.29, 0.717) is 0 Å². The number of hydrogen-bond donors (Lipinski definition) is 2. The first kappa shape index (κ1) is 17.3. The lowest BCUT2D eigenvalue weighted by Gasteiger charge is -2.17. The van der Waals surface area contributed by atoms with Gasteiger partial charge in [-0.05, 0) is 32.4 Å². The fraction of sp³-hybridized carbons (Fsp3) is 0.562. The fourth-order valence-corrected chi connectivity index (χ4v) is 2.12. The summed E-state index contributed by atoms with van der Waals surface area (Å²) in [5.74, 6) is -0.987. The average molecular weight is 296 g/mol.